The smallest absolute Gasteiger partial charge is 0.261 e. The van der Waals surface area contributed by atoms with E-state index in [2.05, 4.69) is 10.2 Å². The molecular formula is C22H22ClN3O3. The van der Waals surface area contributed by atoms with Crippen molar-refractivity contribution in [2.45, 2.75) is 39.3 Å². The fourth-order valence-electron chi connectivity index (χ4n) is 3.01. The van der Waals surface area contributed by atoms with Crippen LogP contribution in [0, 0.1) is 13.8 Å². The molecular weight excluding hydrogens is 390 g/mol. The third-order valence-electron chi connectivity index (χ3n) is 5.01. The number of hydrogen-bond acceptors (Lipinski definition) is 5. The van der Waals surface area contributed by atoms with Gasteiger partial charge in [-0.05, 0) is 74.2 Å². The summed E-state index contributed by atoms with van der Waals surface area (Å²) in [6.07, 6.45) is 1.96. The van der Waals surface area contributed by atoms with Gasteiger partial charge in [-0.1, -0.05) is 17.7 Å². The topological polar surface area (TPSA) is 68.5 Å². The van der Waals surface area contributed by atoms with Crippen LogP contribution in [0.3, 0.4) is 0 Å². The van der Waals surface area contributed by atoms with Crippen LogP contribution in [0.1, 0.15) is 29.9 Å². The van der Waals surface area contributed by atoms with E-state index in [0.29, 0.717) is 22.6 Å². The normalized spacial score (nSPS) is 13.3. The van der Waals surface area contributed by atoms with Crippen LogP contribution in [0.15, 0.2) is 46.9 Å². The molecule has 1 aromatic heterocycles. The van der Waals surface area contributed by atoms with E-state index in [1.165, 1.54) is 5.56 Å². The van der Waals surface area contributed by atoms with Gasteiger partial charge >= 0.3 is 0 Å². The van der Waals surface area contributed by atoms with Gasteiger partial charge in [0, 0.05) is 16.6 Å². The second kappa shape index (κ2) is 8.25. The Labute approximate surface area is 174 Å². The van der Waals surface area contributed by atoms with Gasteiger partial charge in [0.15, 0.2) is 6.61 Å². The van der Waals surface area contributed by atoms with Crippen LogP contribution in [0.2, 0.25) is 5.02 Å². The monoisotopic (exact) mass is 411 g/mol. The standard InChI is InChI=1S/C22H22ClN3O3/c1-14-3-10-19(11-15(14)2)28-13-21(27)26(18-8-9-18)12-20-24-25-22(29-20)16-4-6-17(23)7-5-16/h3-7,10-11,18H,8-9,12-13H2,1-2H3. The lowest BCUT2D eigenvalue weighted by atomic mass is 10.1. The average molecular weight is 412 g/mol. The molecule has 0 aliphatic heterocycles. The van der Waals surface area contributed by atoms with Gasteiger partial charge in [-0.15, -0.1) is 10.2 Å². The van der Waals surface area contributed by atoms with Crippen molar-refractivity contribution in [1.29, 1.82) is 0 Å². The zero-order valence-corrected chi connectivity index (χ0v) is 17.1. The molecule has 0 unspecified atom stereocenters. The Morgan fingerprint density at radius 2 is 1.90 bits per heavy atom. The van der Waals surface area contributed by atoms with Gasteiger partial charge in [-0.3, -0.25) is 4.79 Å². The maximum atomic E-state index is 12.8. The second-order valence-corrected chi connectivity index (χ2v) is 7.73. The molecule has 7 heteroatoms. The first-order valence-electron chi connectivity index (χ1n) is 9.57. The van der Waals surface area contributed by atoms with Gasteiger partial charge in [-0.2, -0.15) is 0 Å². The van der Waals surface area contributed by atoms with E-state index in [1.54, 1.807) is 17.0 Å². The lowest BCUT2D eigenvalue weighted by Gasteiger charge is -2.20. The van der Waals surface area contributed by atoms with Crippen molar-refractivity contribution in [3.63, 3.8) is 0 Å². The Morgan fingerprint density at radius 3 is 2.59 bits per heavy atom. The summed E-state index contributed by atoms with van der Waals surface area (Å²) >= 11 is 5.92. The molecule has 0 bridgehead atoms. The van der Waals surface area contributed by atoms with Gasteiger partial charge in [0.1, 0.15) is 5.75 Å². The van der Waals surface area contributed by atoms with Crippen LogP contribution < -0.4 is 4.74 Å². The molecule has 1 aliphatic carbocycles. The molecule has 3 aromatic rings. The zero-order valence-electron chi connectivity index (χ0n) is 16.4. The van der Waals surface area contributed by atoms with Crippen molar-refractivity contribution in [3.8, 4) is 17.2 Å². The maximum Gasteiger partial charge on any atom is 0.261 e. The molecule has 0 spiro atoms. The number of amides is 1. The van der Waals surface area contributed by atoms with Gasteiger partial charge in [-0.25, -0.2) is 0 Å². The molecule has 6 nitrogen and oxygen atoms in total. The Balaban J connectivity index is 1.41. The zero-order chi connectivity index (χ0) is 20.4. The van der Waals surface area contributed by atoms with Crippen LogP contribution in [-0.4, -0.2) is 33.7 Å². The van der Waals surface area contributed by atoms with E-state index in [1.807, 2.05) is 44.2 Å². The summed E-state index contributed by atoms with van der Waals surface area (Å²) in [7, 11) is 0. The quantitative estimate of drug-likeness (QED) is 0.569. The highest BCUT2D eigenvalue weighted by molar-refractivity contribution is 6.30. The van der Waals surface area contributed by atoms with E-state index in [4.69, 9.17) is 20.8 Å². The number of aromatic nitrogens is 2. The summed E-state index contributed by atoms with van der Waals surface area (Å²) in [6.45, 7) is 4.33. The molecule has 1 amide bonds. The van der Waals surface area contributed by atoms with Crippen molar-refractivity contribution >= 4 is 17.5 Å². The van der Waals surface area contributed by atoms with Crippen molar-refractivity contribution in [1.82, 2.24) is 15.1 Å². The van der Waals surface area contributed by atoms with Gasteiger partial charge in [0.25, 0.3) is 5.91 Å². The summed E-state index contributed by atoms with van der Waals surface area (Å²) in [6, 6.07) is 13.2. The summed E-state index contributed by atoms with van der Waals surface area (Å²) < 4.78 is 11.5. The predicted molar refractivity (Wildman–Crippen MR) is 110 cm³/mol. The number of carbonyl (C=O) groups excluding carboxylic acids is 1. The number of aryl methyl sites for hydroxylation is 2. The number of nitrogens with zero attached hydrogens (tertiary/aromatic N) is 3. The lowest BCUT2D eigenvalue weighted by Crippen LogP contribution is -2.36. The molecule has 1 fully saturated rings. The molecule has 1 saturated carbocycles. The third-order valence-corrected chi connectivity index (χ3v) is 5.26. The van der Waals surface area contributed by atoms with E-state index in [0.717, 1.165) is 24.0 Å². The minimum absolute atomic E-state index is 0.0167. The highest BCUT2D eigenvalue weighted by atomic mass is 35.5. The van der Waals surface area contributed by atoms with Crippen LogP contribution >= 0.6 is 11.6 Å². The van der Waals surface area contributed by atoms with Crippen molar-refractivity contribution in [2.24, 2.45) is 0 Å². The van der Waals surface area contributed by atoms with Crippen LogP contribution in [0.4, 0.5) is 0 Å². The summed E-state index contributed by atoms with van der Waals surface area (Å²) in [4.78, 5) is 14.5. The van der Waals surface area contributed by atoms with Crippen molar-refractivity contribution in [2.75, 3.05) is 6.61 Å². The number of ether oxygens (including phenoxy) is 1. The third kappa shape index (κ3) is 4.77. The predicted octanol–water partition coefficient (Wildman–Crippen LogP) is 4.58. The Bertz CT molecular complexity index is 1010. The Hall–Kier alpha value is -2.86. The van der Waals surface area contributed by atoms with Crippen molar-refractivity contribution in [3.05, 3.63) is 64.5 Å². The molecule has 0 radical (unpaired) electrons. The Morgan fingerprint density at radius 1 is 1.14 bits per heavy atom. The van der Waals surface area contributed by atoms with Crippen molar-refractivity contribution < 1.29 is 13.9 Å². The molecule has 0 N–H and O–H groups in total. The van der Waals surface area contributed by atoms with Crippen LogP contribution in [0.25, 0.3) is 11.5 Å². The number of benzene rings is 2. The first-order chi connectivity index (χ1) is 14.0. The lowest BCUT2D eigenvalue weighted by molar-refractivity contribution is -0.134. The number of carbonyl (C=O) groups is 1. The molecule has 1 aliphatic rings. The van der Waals surface area contributed by atoms with Crippen LogP contribution in [0.5, 0.6) is 5.75 Å². The Kier molecular flexibility index (Phi) is 5.53. The van der Waals surface area contributed by atoms with Gasteiger partial charge < -0.3 is 14.1 Å². The van der Waals surface area contributed by atoms with Crippen LogP contribution in [-0.2, 0) is 11.3 Å². The number of halogens is 1. The molecule has 0 atom stereocenters. The number of rotatable bonds is 7. The van der Waals surface area contributed by atoms with E-state index in [9.17, 15) is 4.79 Å². The minimum atomic E-state index is -0.0861. The highest BCUT2D eigenvalue weighted by Crippen LogP contribution is 2.29. The molecule has 0 saturated heterocycles. The summed E-state index contributed by atoms with van der Waals surface area (Å²) in [5.74, 6) is 1.42. The first kappa shape index (κ1) is 19.5. The molecule has 1 heterocycles. The first-order valence-corrected chi connectivity index (χ1v) is 9.95. The molecule has 4 rings (SSSR count). The van der Waals surface area contributed by atoms with E-state index in [-0.39, 0.29) is 25.1 Å². The second-order valence-electron chi connectivity index (χ2n) is 7.30. The van der Waals surface area contributed by atoms with E-state index < -0.39 is 0 Å². The summed E-state index contributed by atoms with van der Waals surface area (Å²) in [5, 5.41) is 8.83. The number of hydrogen-bond donors (Lipinski definition) is 0. The SMILES string of the molecule is Cc1ccc(OCC(=O)N(Cc2nnc(-c3ccc(Cl)cc3)o2)C2CC2)cc1C. The molecule has 150 valence electrons. The maximum absolute atomic E-state index is 12.8. The summed E-state index contributed by atoms with van der Waals surface area (Å²) in [5.41, 5.74) is 3.11. The molecule has 2 aromatic carbocycles. The largest absolute Gasteiger partial charge is 0.484 e. The fraction of sp³-hybridized carbons (Fsp3) is 0.318. The minimum Gasteiger partial charge on any atom is -0.484 e. The van der Waals surface area contributed by atoms with E-state index >= 15 is 0 Å². The highest BCUT2D eigenvalue weighted by Gasteiger charge is 2.34. The van der Waals surface area contributed by atoms with Gasteiger partial charge in [0.2, 0.25) is 11.8 Å². The molecule has 29 heavy (non-hydrogen) atoms. The fourth-order valence-corrected chi connectivity index (χ4v) is 3.14. The van der Waals surface area contributed by atoms with Gasteiger partial charge in [0.05, 0.1) is 6.54 Å². The average Bonchev–Trinajstić information content (AvgIpc) is 3.45.